The highest BCUT2D eigenvalue weighted by atomic mass is 127. The molecule has 0 amide bonds. The van der Waals surface area contributed by atoms with Gasteiger partial charge in [0.15, 0.2) is 0 Å². The molecule has 0 aromatic carbocycles. The van der Waals surface area contributed by atoms with Crippen LogP contribution in [0, 0.1) is 0 Å². The Kier molecular flexibility index (Phi) is 4.02. The SMILES string of the molecule is CN=[SH](=S)I. The molecule has 0 rings (SSSR count). The molecule has 1 nitrogen and oxygen atoms in total. The molecule has 0 saturated heterocycles. The van der Waals surface area contributed by atoms with E-state index in [4.69, 9.17) is 0 Å². The van der Waals surface area contributed by atoms with Crippen LogP contribution in [0.4, 0.5) is 0 Å². The fourth-order valence-electron chi connectivity index (χ4n) is 0. The lowest BCUT2D eigenvalue weighted by Crippen LogP contribution is -1.42. The summed E-state index contributed by atoms with van der Waals surface area (Å²) >= 11 is 6.78. The Morgan fingerprint density at radius 1 is 2.00 bits per heavy atom. The molecular weight excluding hydrogens is 217 g/mol. The Morgan fingerprint density at radius 3 is 2.20 bits per heavy atom. The lowest BCUT2D eigenvalue weighted by Gasteiger charge is -1.62. The van der Waals surface area contributed by atoms with Crippen LogP contribution in [0.5, 0.6) is 0 Å². The van der Waals surface area contributed by atoms with Crippen LogP contribution in [0.2, 0.25) is 0 Å². The largest absolute Gasteiger partial charge is 0.258 e. The third kappa shape index (κ3) is 5.10. The van der Waals surface area contributed by atoms with E-state index < -0.39 is 6.42 Å². The number of hydrogen-bond acceptors (Lipinski definition) is 2. The molecule has 0 heterocycles. The topological polar surface area (TPSA) is 12.4 Å². The maximum Gasteiger partial charge on any atom is 0.0355 e. The second kappa shape index (κ2) is 3.30. The summed E-state index contributed by atoms with van der Waals surface area (Å²) in [5, 5.41) is 0. The van der Waals surface area contributed by atoms with Gasteiger partial charge < -0.3 is 0 Å². The Labute approximate surface area is 50.1 Å². The Hall–Kier alpha value is 1.10. The van der Waals surface area contributed by atoms with Gasteiger partial charge >= 0.3 is 0 Å². The molecule has 0 N–H and O–H groups in total. The highest BCUT2D eigenvalue weighted by Gasteiger charge is 1.47. The van der Waals surface area contributed by atoms with Gasteiger partial charge in [0.1, 0.15) is 0 Å². The predicted molar refractivity (Wildman–Crippen MR) is 38.5 cm³/mol. The van der Waals surface area contributed by atoms with Gasteiger partial charge in [-0.1, -0.05) is 0 Å². The van der Waals surface area contributed by atoms with Gasteiger partial charge in [-0.3, -0.25) is 4.36 Å². The molecule has 5 heavy (non-hydrogen) atoms. The Bertz CT molecular complexity index is 81.6. The number of nitrogens with zero attached hydrogens (tertiary/aromatic N) is 1. The molecule has 0 aliphatic heterocycles. The minimum atomic E-state index is -0.420. The molecule has 0 bridgehead atoms. The fourth-order valence-corrected chi connectivity index (χ4v) is 0. The van der Waals surface area contributed by atoms with E-state index in [1.165, 1.54) is 0 Å². The molecule has 0 radical (unpaired) electrons. The molecule has 0 saturated carbocycles. The first-order valence-corrected chi connectivity index (χ1v) is 6.09. The van der Waals surface area contributed by atoms with Crippen LogP contribution in [0.15, 0.2) is 4.36 Å². The first-order chi connectivity index (χ1) is 2.27. The van der Waals surface area contributed by atoms with E-state index in [-0.39, 0.29) is 0 Å². The third-order valence-electron chi connectivity index (χ3n) is 0.157. The van der Waals surface area contributed by atoms with Crippen LogP contribution in [-0.2, 0) is 17.6 Å². The van der Waals surface area contributed by atoms with Crippen molar-refractivity contribution in [3.63, 3.8) is 0 Å². The van der Waals surface area contributed by atoms with E-state index in [1.807, 2.05) is 0 Å². The summed E-state index contributed by atoms with van der Waals surface area (Å²) in [4.78, 5) is 0. The summed E-state index contributed by atoms with van der Waals surface area (Å²) in [6, 6.07) is 0. The van der Waals surface area contributed by atoms with Gasteiger partial charge in [0.25, 0.3) is 0 Å². The minimum Gasteiger partial charge on any atom is -0.258 e. The molecule has 0 aliphatic carbocycles. The van der Waals surface area contributed by atoms with E-state index >= 15 is 0 Å². The van der Waals surface area contributed by atoms with E-state index in [2.05, 4.69) is 36.8 Å². The van der Waals surface area contributed by atoms with Crippen LogP contribution in [-0.4, -0.2) is 7.05 Å². The first kappa shape index (κ1) is 6.10. The molecule has 0 aromatic heterocycles. The van der Waals surface area contributed by atoms with Crippen molar-refractivity contribution < 1.29 is 0 Å². The number of rotatable bonds is 0. The normalized spacial score (nSPS) is 15.6. The summed E-state index contributed by atoms with van der Waals surface area (Å²) in [6.45, 7) is 0. The highest BCUT2D eigenvalue weighted by molar-refractivity contribution is 14.2. The third-order valence-corrected chi connectivity index (χ3v) is 2.26. The second-order valence-electron chi connectivity index (χ2n) is 0.426. The zero-order valence-corrected chi connectivity index (χ0v) is 6.55. The summed E-state index contributed by atoms with van der Waals surface area (Å²) in [6.07, 6.45) is -0.420. The van der Waals surface area contributed by atoms with Crippen molar-refractivity contribution in [3.05, 3.63) is 0 Å². The number of hydrogen-bond donors (Lipinski definition) is 1. The van der Waals surface area contributed by atoms with Gasteiger partial charge in [0.05, 0.1) is 0 Å². The Balaban J connectivity index is 3.62. The smallest absolute Gasteiger partial charge is 0.0355 e. The van der Waals surface area contributed by atoms with Crippen molar-refractivity contribution in [1.29, 1.82) is 0 Å². The molecule has 1 atom stereocenters. The first-order valence-electron chi connectivity index (χ1n) is 0.999. The van der Waals surface area contributed by atoms with Gasteiger partial charge in [0.2, 0.25) is 0 Å². The zero-order chi connectivity index (χ0) is 4.28. The van der Waals surface area contributed by atoms with E-state index in [9.17, 15) is 0 Å². The average molecular weight is 221 g/mol. The van der Waals surface area contributed by atoms with Crippen LogP contribution in [0.1, 0.15) is 0 Å². The lowest BCUT2D eigenvalue weighted by molar-refractivity contribution is 1.53. The monoisotopic (exact) mass is 221 g/mol. The summed E-state index contributed by atoms with van der Waals surface area (Å²) in [5.74, 6) is 0. The molecule has 32 valence electrons. The van der Waals surface area contributed by atoms with Crippen molar-refractivity contribution >= 4 is 38.8 Å². The van der Waals surface area contributed by atoms with Crippen molar-refractivity contribution in [1.82, 2.24) is 0 Å². The van der Waals surface area contributed by atoms with Crippen LogP contribution < -0.4 is 0 Å². The lowest BCUT2D eigenvalue weighted by atomic mass is 11.6. The van der Waals surface area contributed by atoms with E-state index in [0.717, 1.165) is 0 Å². The van der Waals surface area contributed by atoms with Crippen LogP contribution in [0.25, 0.3) is 0 Å². The van der Waals surface area contributed by atoms with E-state index in [0.29, 0.717) is 0 Å². The van der Waals surface area contributed by atoms with Crippen molar-refractivity contribution in [2.45, 2.75) is 0 Å². The average Bonchev–Trinajstić information content (AvgIpc) is 1.38. The summed E-state index contributed by atoms with van der Waals surface area (Å²) < 4.78 is 3.76. The Morgan fingerprint density at radius 2 is 2.20 bits per heavy atom. The quantitative estimate of drug-likeness (QED) is 0.365. The maximum atomic E-state index is 4.66. The van der Waals surface area contributed by atoms with Gasteiger partial charge in [-0.25, -0.2) is 0 Å². The molecule has 4 heteroatoms. The standard InChI is InChI=1S/CH4INS2/c1-3-5(2)4/h5H,1H3. The minimum absolute atomic E-state index is 0.420. The van der Waals surface area contributed by atoms with Crippen LogP contribution in [0.3, 0.4) is 0 Å². The molecule has 0 aliphatic rings. The van der Waals surface area contributed by atoms with E-state index in [1.54, 1.807) is 7.05 Å². The fraction of sp³-hybridized carbons (Fsp3) is 1.00. The predicted octanol–water partition coefficient (Wildman–Crippen LogP) is 0.962. The molecule has 0 spiro atoms. The van der Waals surface area contributed by atoms with Gasteiger partial charge in [-0.15, -0.1) is 0 Å². The van der Waals surface area contributed by atoms with Crippen LogP contribution >= 0.6 is 21.2 Å². The molecule has 1 unspecified atom stereocenters. The van der Waals surface area contributed by atoms with Crippen molar-refractivity contribution in [3.8, 4) is 0 Å². The maximum absolute atomic E-state index is 4.66. The van der Waals surface area contributed by atoms with Crippen molar-refractivity contribution in [2.24, 2.45) is 4.36 Å². The molecular formula is CH4INS2. The summed E-state index contributed by atoms with van der Waals surface area (Å²) in [5.41, 5.74) is 0. The van der Waals surface area contributed by atoms with Gasteiger partial charge in [0, 0.05) is 28.3 Å². The molecule has 0 aromatic rings. The number of thiol groups is 1. The van der Waals surface area contributed by atoms with Gasteiger partial charge in [-0.2, -0.15) is 0 Å². The van der Waals surface area contributed by atoms with Gasteiger partial charge in [-0.05, 0) is 17.6 Å². The zero-order valence-electron chi connectivity index (χ0n) is 2.68. The van der Waals surface area contributed by atoms with Crippen molar-refractivity contribution in [2.75, 3.05) is 7.05 Å². The highest BCUT2D eigenvalue weighted by Crippen LogP contribution is 1.81. The second-order valence-corrected chi connectivity index (χ2v) is 7.02. The number of halogens is 1. The molecule has 0 fully saturated rings. The summed E-state index contributed by atoms with van der Waals surface area (Å²) in [7, 11) is 1.74.